The van der Waals surface area contributed by atoms with Gasteiger partial charge in [-0.25, -0.2) is 0 Å². The molecule has 1 N–H and O–H groups in total. The van der Waals surface area contributed by atoms with E-state index in [9.17, 15) is 9.59 Å². The van der Waals surface area contributed by atoms with Crippen molar-refractivity contribution >= 4 is 17.5 Å². The highest BCUT2D eigenvalue weighted by atomic mass is 16.3. The van der Waals surface area contributed by atoms with E-state index in [2.05, 4.69) is 12.2 Å². The predicted molar refractivity (Wildman–Crippen MR) is 107 cm³/mol. The molecular formula is C23H22N2O3. The zero-order chi connectivity index (χ0) is 19.5. The summed E-state index contributed by atoms with van der Waals surface area (Å²) in [5.41, 5.74) is 4.04. The number of rotatable bonds is 4. The number of fused-ring (bicyclic) bond motifs is 1. The number of nitrogens with zero attached hydrogens (tertiary/aromatic N) is 1. The minimum Gasteiger partial charge on any atom is -0.459 e. The second-order valence-electron chi connectivity index (χ2n) is 6.94. The molecule has 0 bridgehead atoms. The normalized spacial score (nSPS) is 15.8. The molecule has 2 amide bonds. The fraction of sp³-hybridized carbons (Fsp3) is 0.217. The van der Waals surface area contributed by atoms with Crippen molar-refractivity contribution in [2.75, 3.05) is 5.32 Å². The summed E-state index contributed by atoms with van der Waals surface area (Å²) in [6.45, 7) is 2.45. The van der Waals surface area contributed by atoms with Crippen molar-refractivity contribution in [2.45, 2.75) is 32.4 Å². The van der Waals surface area contributed by atoms with Gasteiger partial charge in [-0.3, -0.25) is 9.59 Å². The van der Waals surface area contributed by atoms with Crippen molar-refractivity contribution < 1.29 is 14.0 Å². The molecule has 28 heavy (non-hydrogen) atoms. The van der Waals surface area contributed by atoms with E-state index in [4.69, 9.17) is 4.42 Å². The third-order valence-corrected chi connectivity index (χ3v) is 5.15. The Hall–Kier alpha value is -3.34. The van der Waals surface area contributed by atoms with Crippen LogP contribution in [0.5, 0.6) is 0 Å². The highest BCUT2D eigenvalue weighted by molar-refractivity contribution is 6.00. The van der Waals surface area contributed by atoms with Crippen molar-refractivity contribution in [1.82, 2.24) is 4.90 Å². The fourth-order valence-corrected chi connectivity index (χ4v) is 3.61. The molecule has 1 atom stereocenters. The summed E-state index contributed by atoms with van der Waals surface area (Å²) in [7, 11) is 0. The third-order valence-electron chi connectivity index (χ3n) is 5.15. The second-order valence-corrected chi connectivity index (χ2v) is 6.94. The van der Waals surface area contributed by atoms with Gasteiger partial charge in [0.15, 0.2) is 5.76 Å². The van der Waals surface area contributed by atoms with Gasteiger partial charge in [-0.1, -0.05) is 43.3 Å². The number of anilines is 1. The molecule has 5 nitrogen and oxygen atoms in total. The van der Waals surface area contributed by atoms with Crippen molar-refractivity contribution in [3.63, 3.8) is 0 Å². The molecule has 2 aromatic carbocycles. The van der Waals surface area contributed by atoms with Gasteiger partial charge < -0.3 is 14.6 Å². The molecule has 0 saturated heterocycles. The van der Waals surface area contributed by atoms with Crippen molar-refractivity contribution in [1.29, 1.82) is 0 Å². The van der Waals surface area contributed by atoms with Crippen molar-refractivity contribution in [3.8, 4) is 0 Å². The topological polar surface area (TPSA) is 62.6 Å². The quantitative estimate of drug-likeness (QED) is 0.749. The SMILES string of the molecule is CCc1cccc(NC(=O)C2Cc3ccccc3CN2C(=O)c2ccco2)c1. The van der Waals surface area contributed by atoms with E-state index in [1.807, 2.05) is 48.5 Å². The monoisotopic (exact) mass is 374 g/mol. The largest absolute Gasteiger partial charge is 0.459 e. The van der Waals surface area contributed by atoms with Crippen LogP contribution in [0.15, 0.2) is 71.3 Å². The van der Waals surface area contributed by atoms with Crippen molar-refractivity contribution in [3.05, 3.63) is 89.4 Å². The van der Waals surface area contributed by atoms with Gasteiger partial charge in [0.25, 0.3) is 5.91 Å². The summed E-state index contributed by atoms with van der Waals surface area (Å²) < 4.78 is 5.29. The molecule has 4 rings (SSSR count). The van der Waals surface area contributed by atoms with Crippen LogP contribution in [0.3, 0.4) is 0 Å². The molecule has 0 saturated carbocycles. The maximum Gasteiger partial charge on any atom is 0.290 e. The third kappa shape index (κ3) is 3.56. The highest BCUT2D eigenvalue weighted by Gasteiger charge is 2.36. The molecule has 0 aliphatic carbocycles. The molecule has 0 spiro atoms. The predicted octanol–water partition coefficient (Wildman–Crippen LogP) is 4.05. The molecule has 1 aliphatic heterocycles. The van der Waals surface area contributed by atoms with E-state index in [0.29, 0.717) is 13.0 Å². The number of aryl methyl sites for hydroxylation is 1. The minimum absolute atomic E-state index is 0.192. The Labute approximate surface area is 164 Å². The number of nitrogens with one attached hydrogen (secondary N) is 1. The van der Waals surface area contributed by atoms with Crippen LogP contribution in [0.4, 0.5) is 5.69 Å². The van der Waals surface area contributed by atoms with Gasteiger partial charge in [-0.05, 0) is 47.4 Å². The molecule has 1 aliphatic rings. The zero-order valence-electron chi connectivity index (χ0n) is 15.7. The first-order valence-corrected chi connectivity index (χ1v) is 9.46. The van der Waals surface area contributed by atoms with Crippen LogP contribution in [0, 0.1) is 0 Å². The number of hydrogen-bond acceptors (Lipinski definition) is 3. The summed E-state index contributed by atoms with van der Waals surface area (Å²) in [4.78, 5) is 27.7. The van der Waals surface area contributed by atoms with Crippen LogP contribution >= 0.6 is 0 Å². The Morgan fingerprint density at radius 2 is 1.89 bits per heavy atom. The van der Waals surface area contributed by atoms with Gasteiger partial charge in [0.05, 0.1) is 6.26 Å². The summed E-state index contributed by atoms with van der Waals surface area (Å²) in [5, 5.41) is 2.98. The lowest BCUT2D eigenvalue weighted by atomic mass is 9.93. The van der Waals surface area contributed by atoms with E-state index in [1.54, 1.807) is 17.0 Å². The van der Waals surface area contributed by atoms with Gasteiger partial charge in [0.2, 0.25) is 5.91 Å². The Kier molecular flexibility index (Phi) is 4.98. The minimum atomic E-state index is -0.599. The standard InChI is InChI=1S/C23H22N2O3/c1-2-16-7-5-10-19(13-16)24-22(26)20-14-17-8-3-4-9-18(17)15-25(20)23(27)21-11-6-12-28-21/h3-13,20H,2,14-15H2,1H3,(H,24,26). The first-order valence-electron chi connectivity index (χ1n) is 9.46. The van der Waals surface area contributed by atoms with Gasteiger partial charge in [-0.15, -0.1) is 0 Å². The average molecular weight is 374 g/mol. The molecule has 2 heterocycles. The molecule has 1 unspecified atom stereocenters. The smallest absolute Gasteiger partial charge is 0.290 e. The highest BCUT2D eigenvalue weighted by Crippen LogP contribution is 2.26. The average Bonchev–Trinajstić information content (AvgIpc) is 3.27. The maximum absolute atomic E-state index is 13.1. The van der Waals surface area contributed by atoms with Gasteiger partial charge in [0, 0.05) is 18.7 Å². The Morgan fingerprint density at radius 1 is 1.07 bits per heavy atom. The van der Waals surface area contributed by atoms with Gasteiger partial charge >= 0.3 is 0 Å². The molecular weight excluding hydrogens is 352 g/mol. The van der Waals surface area contributed by atoms with Crippen LogP contribution in [0.2, 0.25) is 0 Å². The number of hydrogen-bond donors (Lipinski definition) is 1. The van der Waals surface area contributed by atoms with E-state index >= 15 is 0 Å². The van der Waals surface area contributed by atoms with Crippen LogP contribution in [0.25, 0.3) is 0 Å². The number of amides is 2. The maximum atomic E-state index is 13.1. The molecule has 3 aromatic rings. The first kappa shape index (κ1) is 18.0. The Morgan fingerprint density at radius 3 is 2.64 bits per heavy atom. The van der Waals surface area contributed by atoms with Gasteiger partial charge in [0.1, 0.15) is 6.04 Å². The van der Waals surface area contributed by atoms with E-state index < -0.39 is 6.04 Å². The van der Waals surface area contributed by atoms with Crippen LogP contribution < -0.4 is 5.32 Å². The lowest BCUT2D eigenvalue weighted by Crippen LogP contribution is -2.50. The number of carbonyl (C=O) groups excluding carboxylic acids is 2. The molecule has 142 valence electrons. The van der Waals surface area contributed by atoms with Crippen molar-refractivity contribution in [2.24, 2.45) is 0 Å². The van der Waals surface area contributed by atoms with Crippen LogP contribution in [-0.4, -0.2) is 22.8 Å². The summed E-state index contributed by atoms with van der Waals surface area (Å²) >= 11 is 0. The lowest BCUT2D eigenvalue weighted by Gasteiger charge is -2.35. The number of benzene rings is 2. The first-order chi connectivity index (χ1) is 13.7. The lowest BCUT2D eigenvalue weighted by molar-refractivity contribution is -0.121. The van der Waals surface area contributed by atoms with E-state index in [0.717, 1.165) is 28.8 Å². The number of carbonyl (C=O) groups is 2. The van der Waals surface area contributed by atoms with Gasteiger partial charge in [-0.2, -0.15) is 0 Å². The Bertz CT molecular complexity index is 995. The molecule has 0 fully saturated rings. The van der Waals surface area contributed by atoms with E-state index in [1.165, 1.54) is 6.26 Å². The number of furan rings is 1. The van der Waals surface area contributed by atoms with E-state index in [-0.39, 0.29) is 17.6 Å². The summed E-state index contributed by atoms with van der Waals surface area (Å²) in [6, 6.07) is 18.4. The molecule has 0 radical (unpaired) electrons. The fourth-order valence-electron chi connectivity index (χ4n) is 3.61. The summed E-state index contributed by atoms with van der Waals surface area (Å²) in [5.74, 6) is -0.227. The summed E-state index contributed by atoms with van der Waals surface area (Å²) in [6.07, 6.45) is 2.84. The molecule has 1 aromatic heterocycles. The zero-order valence-corrected chi connectivity index (χ0v) is 15.7. The molecule has 5 heteroatoms. The van der Waals surface area contributed by atoms with Crippen LogP contribution in [0.1, 0.15) is 34.2 Å². The van der Waals surface area contributed by atoms with Crippen LogP contribution in [-0.2, 0) is 24.2 Å². The second kappa shape index (κ2) is 7.72. The Balaban J connectivity index is 1.63.